The Morgan fingerprint density at radius 2 is 1.96 bits per heavy atom. The molecule has 4 atom stereocenters. The molecule has 0 spiro atoms. The normalized spacial score (nSPS) is 26.7. The van der Waals surface area contributed by atoms with E-state index in [0.29, 0.717) is 11.8 Å². The molecule has 6 heteroatoms. The van der Waals surface area contributed by atoms with Crippen molar-refractivity contribution in [3.8, 4) is 0 Å². The van der Waals surface area contributed by atoms with Gasteiger partial charge in [-0.3, -0.25) is 9.48 Å². The summed E-state index contributed by atoms with van der Waals surface area (Å²) in [6.07, 6.45) is 8.15. The smallest absolute Gasteiger partial charge is 0.338 e. The van der Waals surface area contributed by atoms with Crippen molar-refractivity contribution < 1.29 is 14.7 Å². The molecule has 6 nitrogen and oxygen atoms in total. The van der Waals surface area contributed by atoms with Crippen molar-refractivity contribution in [2.45, 2.75) is 24.9 Å². The number of nitrogens with one attached hydrogen (secondary N) is 1. The third-order valence-electron chi connectivity index (χ3n) is 5.16. The highest BCUT2D eigenvalue weighted by Crippen LogP contribution is 2.48. The van der Waals surface area contributed by atoms with E-state index in [4.69, 9.17) is 5.11 Å². The lowest BCUT2D eigenvalue weighted by molar-refractivity contribution is -0.122. The number of carboxylic acids is 1. The number of rotatable bonds is 5. The monoisotopic (exact) mass is 337 g/mol. The molecule has 0 unspecified atom stereocenters. The second-order valence-corrected chi connectivity index (χ2v) is 6.71. The molecule has 25 heavy (non-hydrogen) atoms. The number of carboxylic acid groups (broad SMARTS) is 1. The fourth-order valence-electron chi connectivity index (χ4n) is 4.09. The van der Waals surface area contributed by atoms with Crippen LogP contribution in [-0.2, 0) is 11.3 Å². The first-order valence-corrected chi connectivity index (χ1v) is 8.40. The van der Waals surface area contributed by atoms with Crippen LogP contribution in [0.4, 0.5) is 0 Å². The number of carbonyl (C=O) groups is 2. The molecule has 128 valence electrons. The van der Waals surface area contributed by atoms with Crippen molar-refractivity contribution in [2.75, 3.05) is 0 Å². The molecule has 1 amide bonds. The van der Waals surface area contributed by atoms with Crippen LogP contribution >= 0.6 is 0 Å². The maximum atomic E-state index is 12.5. The van der Waals surface area contributed by atoms with Crippen LogP contribution < -0.4 is 5.32 Å². The average Bonchev–Trinajstić information content (AvgIpc) is 3.31. The van der Waals surface area contributed by atoms with Crippen molar-refractivity contribution >= 4 is 11.9 Å². The molecule has 1 aromatic carbocycles. The lowest BCUT2D eigenvalue weighted by atomic mass is 9.83. The molecule has 1 fully saturated rings. The van der Waals surface area contributed by atoms with Crippen molar-refractivity contribution in [1.82, 2.24) is 15.1 Å². The second-order valence-electron chi connectivity index (χ2n) is 6.71. The third-order valence-corrected chi connectivity index (χ3v) is 5.16. The van der Waals surface area contributed by atoms with Gasteiger partial charge in [0.25, 0.3) is 0 Å². The van der Waals surface area contributed by atoms with Gasteiger partial charge in [-0.2, -0.15) is 5.10 Å². The Labute approximate surface area is 145 Å². The molecule has 1 heterocycles. The molecule has 0 radical (unpaired) electrons. The van der Waals surface area contributed by atoms with Crippen molar-refractivity contribution in [1.29, 1.82) is 0 Å². The van der Waals surface area contributed by atoms with Crippen molar-refractivity contribution in [2.24, 2.45) is 11.8 Å². The highest BCUT2D eigenvalue weighted by Gasteiger charge is 2.45. The molecule has 2 N–H and O–H groups in total. The van der Waals surface area contributed by atoms with Crippen LogP contribution in [0, 0.1) is 11.8 Å². The van der Waals surface area contributed by atoms with E-state index >= 15 is 0 Å². The van der Waals surface area contributed by atoms with Crippen LogP contribution in [0.2, 0.25) is 0 Å². The highest BCUT2D eigenvalue weighted by molar-refractivity contribution is 5.87. The van der Waals surface area contributed by atoms with Crippen LogP contribution in [0.1, 0.15) is 28.3 Å². The zero-order chi connectivity index (χ0) is 17.4. The Morgan fingerprint density at radius 3 is 2.68 bits per heavy atom. The number of allylic oxidation sites excluding steroid dienone is 1. The van der Waals surface area contributed by atoms with E-state index in [0.717, 1.165) is 6.42 Å². The standard InChI is InChI=1S/C19H19N3O3/c23-16(11-22-10-15(9-20-22)19(24)25)21-18-14-7-6-13(8-14)17(18)12-4-2-1-3-5-12/h1-7,9-10,13-14,17-18H,8,11H2,(H,21,23)(H,24,25)/t13-,14+,17+,18+/m1/s1. The van der Waals surface area contributed by atoms with Gasteiger partial charge < -0.3 is 10.4 Å². The Bertz CT molecular complexity index is 827. The molecule has 0 saturated heterocycles. The zero-order valence-corrected chi connectivity index (χ0v) is 13.6. The topological polar surface area (TPSA) is 84.2 Å². The minimum atomic E-state index is -1.05. The van der Waals surface area contributed by atoms with Gasteiger partial charge in [-0.25, -0.2) is 4.79 Å². The summed E-state index contributed by atoms with van der Waals surface area (Å²) in [5.74, 6) is -0.0966. The van der Waals surface area contributed by atoms with Gasteiger partial charge in [0.15, 0.2) is 0 Å². The number of fused-ring (bicyclic) bond motifs is 2. The molecule has 1 aromatic heterocycles. The van der Waals surface area contributed by atoms with Gasteiger partial charge >= 0.3 is 5.97 Å². The number of hydrogen-bond donors (Lipinski definition) is 2. The Hall–Kier alpha value is -2.89. The van der Waals surface area contributed by atoms with Crippen LogP contribution in [0.15, 0.2) is 54.9 Å². The first kappa shape index (κ1) is 15.6. The van der Waals surface area contributed by atoms with Gasteiger partial charge in [0, 0.05) is 18.2 Å². The summed E-state index contributed by atoms with van der Waals surface area (Å²) in [5, 5.41) is 16.0. The summed E-state index contributed by atoms with van der Waals surface area (Å²) < 4.78 is 1.36. The maximum absolute atomic E-state index is 12.5. The molecule has 2 aromatic rings. The van der Waals surface area contributed by atoms with E-state index in [1.54, 1.807) is 0 Å². The van der Waals surface area contributed by atoms with Crippen LogP contribution in [0.5, 0.6) is 0 Å². The second kappa shape index (κ2) is 6.20. The fourth-order valence-corrected chi connectivity index (χ4v) is 4.09. The summed E-state index contributed by atoms with van der Waals surface area (Å²) in [7, 11) is 0. The number of aromatic nitrogens is 2. The van der Waals surface area contributed by atoms with E-state index in [2.05, 4.69) is 34.7 Å². The minimum Gasteiger partial charge on any atom is -0.478 e. The lowest BCUT2D eigenvalue weighted by Gasteiger charge is -2.29. The SMILES string of the molecule is O=C(Cn1cc(C(=O)O)cn1)N[C@@H]1[C@@H](c2ccccc2)[C@@H]2C=C[C@H]1C2. The van der Waals surface area contributed by atoms with Gasteiger partial charge in [0.2, 0.25) is 5.91 Å². The fraction of sp³-hybridized carbons (Fsp3) is 0.316. The molecular weight excluding hydrogens is 318 g/mol. The first-order chi connectivity index (χ1) is 12.1. The van der Waals surface area contributed by atoms with E-state index in [-0.39, 0.29) is 30.0 Å². The molecule has 0 aliphatic heterocycles. The van der Waals surface area contributed by atoms with Crippen molar-refractivity contribution in [3.05, 3.63) is 66.0 Å². The lowest BCUT2D eigenvalue weighted by Crippen LogP contribution is -2.43. The molecule has 2 aliphatic carbocycles. The van der Waals surface area contributed by atoms with E-state index in [1.807, 2.05) is 18.2 Å². The number of benzene rings is 1. The van der Waals surface area contributed by atoms with E-state index in [9.17, 15) is 9.59 Å². The predicted octanol–water partition coefficient (Wildman–Crippen LogP) is 2.06. The summed E-state index contributed by atoms with van der Waals surface area (Å²) in [6.45, 7) is 0.0202. The van der Waals surface area contributed by atoms with Crippen LogP contribution in [0.3, 0.4) is 0 Å². The number of aromatic carboxylic acids is 1. The van der Waals surface area contributed by atoms with Gasteiger partial charge in [-0.1, -0.05) is 42.5 Å². The van der Waals surface area contributed by atoms with Gasteiger partial charge in [-0.15, -0.1) is 0 Å². The van der Waals surface area contributed by atoms with E-state index < -0.39 is 5.97 Å². The number of amides is 1. The number of nitrogens with zero attached hydrogens (tertiary/aromatic N) is 2. The summed E-state index contributed by atoms with van der Waals surface area (Å²) in [4.78, 5) is 23.4. The maximum Gasteiger partial charge on any atom is 0.338 e. The Morgan fingerprint density at radius 1 is 1.20 bits per heavy atom. The quantitative estimate of drug-likeness (QED) is 0.818. The molecule has 1 saturated carbocycles. The zero-order valence-electron chi connectivity index (χ0n) is 13.6. The Balaban J connectivity index is 1.47. The predicted molar refractivity (Wildman–Crippen MR) is 91.0 cm³/mol. The number of hydrogen-bond acceptors (Lipinski definition) is 3. The summed E-state index contributed by atoms with van der Waals surface area (Å²) in [5.41, 5.74) is 1.33. The number of carbonyl (C=O) groups excluding carboxylic acids is 1. The highest BCUT2D eigenvalue weighted by atomic mass is 16.4. The van der Waals surface area contributed by atoms with E-state index in [1.165, 1.54) is 22.6 Å². The summed E-state index contributed by atoms with van der Waals surface area (Å²) >= 11 is 0. The summed E-state index contributed by atoms with van der Waals surface area (Å²) in [6, 6.07) is 10.4. The van der Waals surface area contributed by atoms with Gasteiger partial charge in [0.05, 0.1) is 11.8 Å². The van der Waals surface area contributed by atoms with Crippen LogP contribution in [-0.4, -0.2) is 32.8 Å². The first-order valence-electron chi connectivity index (χ1n) is 8.40. The molecule has 4 rings (SSSR count). The molecule has 2 aliphatic rings. The average molecular weight is 337 g/mol. The van der Waals surface area contributed by atoms with Crippen LogP contribution in [0.25, 0.3) is 0 Å². The largest absolute Gasteiger partial charge is 0.478 e. The third kappa shape index (κ3) is 2.95. The van der Waals surface area contributed by atoms with Gasteiger partial charge in [-0.05, 0) is 23.8 Å². The minimum absolute atomic E-state index is 0.0202. The Kier molecular flexibility index (Phi) is 3.87. The molecule has 2 bridgehead atoms. The molecular formula is C19H19N3O3. The van der Waals surface area contributed by atoms with Crippen molar-refractivity contribution in [3.63, 3.8) is 0 Å². The van der Waals surface area contributed by atoms with Gasteiger partial charge in [0.1, 0.15) is 6.54 Å².